The van der Waals surface area contributed by atoms with Crippen molar-refractivity contribution in [1.29, 1.82) is 0 Å². The fourth-order valence-corrected chi connectivity index (χ4v) is 18.8. The van der Waals surface area contributed by atoms with E-state index >= 15 is 0 Å². The maximum atomic E-state index is 13.1. The standard InChI is InChI=1S/C23H46N2O3Si2/c1-23(2)19(20(26)25(23)22(29(3,4)5)30(6,7)8)24-21(27)28-17-13-12-16-18-14-10-9-11-15-18/h18-19,22H,9-17H2,1-8H3,(H,24,27)/t19-/m1/s1. The molecule has 1 saturated carbocycles. The molecule has 1 heterocycles. The number of amides is 2. The number of rotatable bonds is 9. The van der Waals surface area contributed by atoms with Crippen molar-refractivity contribution in [2.75, 3.05) is 6.61 Å². The van der Waals surface area contributed by atoms with Gasteiger partial charge in [-0.15, -0.1) is 0 Å². The second-order valence-electron chi connectivity index (χ2n) is 12.2. The zero-order chi connectivity index (χ0) is 22.7. The van der Waals surface area contributed by atoms with Gasteiger partial charge in [0.15, 0.2) is 0 Å². The Morgan fingerprint density at radius 3 is 2.13 bits per heavy atom. The molecule has 1 saturated heterocycles. The van der Waals surface area contributed by atoms with Crippen molar-refractivity contribution in [2.45, 2.75) is 121 Å². The molecule has 2 aliphatic rings. The Morgan fingerprint density at radius 1 is 1.07 bits per heavy atom. The van der Waals surface area contributed by atoms with Crippen molar-refractivity contribution in [1.82, 2.24) is 10.2 Å². The molecule has 0 unspecified atom stereocenters. The number of hydrogen-bond donors (Lipinski definition) is 1. The topological polar surface area (TPSA) is 58.6 Å². The lowest BCUT2D eigenvalue weighted by Crippen LogP contribution is -2.84. The Morgan fingerprint density at radius 2 is 1.63 bits per heavy atom. The van der Waals surface area contributed by atoms with Gasteiger partial charge in [0.25, 0.3) is 0 Å². The Balaban J connectivity index is 1.81. The summed E-state index contributed by atoms with van der Waals surface area (Å²) in [5.74, 6) is 0.932. The number of unbranched alkanes of at least 4 members (excludes halogenated alkanes) is 1. The third kappa shape index (κ3) is 6.12. The predicted molar refractivity (Wildman–Crippen MR) is 130 cm³/mol. The summed E-state index contributed by atoms with van der Waals surface area (Å²) in [5, 5.41) is 3.21. The molecule has 174 valence electrons. The molecule has 1 aliphatic heterocycles. The molecule has 2 fully saturated rings. The summed E-state index contributed by atoms with van der Waals surface area (Å²) >= 11 is 0. The van der Waals surface area contributed by atoms with E-state index in [-0.39, 0.29) is 11.4 Å². The summed E-state index contributed by atoms with van der Waals surface area (Å²) in [4.78, 5) is 27.5. The minimum atomic E-state index is -1.58. The van der Waals surface area contributed by atoms with Crippen molar-refractivity contribution in [2.24, 2.45) is 5.92 Å². The highest BCUT2D eigenvalue weighted by atomic mass is 28.4. The average molecular weight is 455 g/mol. The molecule has 0 bridgehead atoms. The Labute approximate surface area is 186 Å². The van der Waals surface area contributed by atoms with Crippen LogP contribution in [0.4, 0.5) is 4.79 Å². The molecule has 1 atom stereocenters. The fourth-order valence-electron chi connectivity index (χ4n) is 5.91. The zero-order valence-corrected chi connectivity index (χ0v) is 22.8. The number of ether oxygens (including phenoxy) is 1. The number of nitrogens with zero attached hydrogens (tertiary/aromatic N) is 1. The molecule has 0 aromatic rings. The van der Waals surface area contributed by atoms with Crippen LogP contribution >= 0.6 is 0 Å². The van der Waals surface area contributed by atoms with E-state index in [1.165, 1.54) is 38.5 Å². The number of carbonyl (C=O) groups is 2. The van der Waals surface area contributed by atoms with Gasteiger partial charge in [-0.25, -0.2) is 4.79 Å². The van der Waals surface area contributed by atoms with Crippen molar-refractivity contribution in [3.05, 3.63) is 0 Å². The molecule has 7 heteroatoms. The molecule has 2 rings (SSSR count). The summed E-state index contributed by atoms with van der Waals surface area (Å²) < 4.78 is 5.41. The van der Waals surface area contributed by atoms with Gasteiger partial charge >= 0.3 is 6.09 Å². The molecule has 0 aromatic heterocycles. The minimum absolute atomic E-state index is 0.0594. The van der Waals surface area contributed by atoms with Crippen LogP contribution in [0.25, 0.3) is 0 Å². The molecule has 1 N–H and O–H groups in total. The van der Waals surface area contributed by atoms with Crippen LogP contribution in [0.15, 0.2) is 0 Å². The SMILES string of the molecule is CC1(C)[C@H](NC(=O)OCCCCC2CCCCC2)C(=O)N1C([Si](C)(C)C)[Si](C)(C)C. The first kappa shape index (κ1) is 25.4. The molecule has 0 spiro atoms. The van der Waals surface area contributed by atoms with Crippen LogP contribution < -0.4 is 5.32 Å². The molecule has 5 nitrogen and oxygen atoms in total. The third-order valence-corrected chi connectivity index (χ3v) is 15.9. The van der Waals surface area contributed by atoms with Crippen LogP contribution in [-0.4, -0.2) is 56.5 Å². The first-order valence-corrected chi connectivity index (χ1v) is 19.2. The van der Waals surface area contributed by atoms with Gasteiger partial charge in [0.2, 0.25) is 5.91 Å². The zero-order valence-electron chi connectivity index (χ0n) is 20.8. The fraction of sp³-hybridized carbons (Fsp3) is 0.913. The minimum Gasteiger partial charge on any atom is -0.450 e. The maximum Gasteiger partial charge on any atom is 0.407 e. The van der Waals surface area contributed by atoms with E-state index in [9.17, 15) is 9.59 Å². The van der Waals surface area contributed by atoms with Gasteiger partial charge in [-0.3, -0.25) is 4.79 Å². The summed E-state index contributed by atoms with van der Waals surface area (Å²) in [6, 6.07) is -0.484. The molecular weight excluding hydrogens is 408 g/mol. The second kappa shape index (κ2) is 9.76. The lowest BCUT2D eigenvalue weighted by atomic mass is 9.83. The molecule has 0 radical (unpaired) electrons. The van der Waals surface area contributed by atoms with Gasteiger partial charge in [0, 0.05) is 5.29 Å². The van der Waals surface area contributed by atoms with Crippen LogP contribution in [0.5, 0.6) is 0 Å². The van der Waals surface area contributed by atoms with Gasteiger partial charge in [0.1, 0.15) is 6.04 Å². The monoisotopic (exact) mass is 454 g/mol. The first-order chi connectivity index (χ1) is 13.8. The van der Waals surface area contributed by atoms with Crippen molar-refractivity contribution < 1.29 is 14.3 Å². The number of carbonyl (C=O) groups excluding carboxylic acids is 2. The average Bonchev–Trinajstić information content (AvgIpc) is 2.62. The molecule has 0 aromatic carbocycles. The van der Waals surface area contributed by atoms with Crippen molar-refractivity contribution in [3.63, 3.8) is 0 Å². The van der Waals surface area contributed by atoms with Crippen LogP contribution in [0, 0.1) is 5.92 Å². The van der Waals surface area contributed by atoms with Gasteiger partial charge in [-0.2, -0.15) is 0 Å². The van der Waals surface area contributed by atoms with Crippen molar-refractivity contribution in [3.8, 4) is 0 Å². The third-order valence-electron chi connectivity index (χ3n) is 6.94. The van der Waals surface area contributed by atoms with E-state index in [2.05, 4.69) is 63.3 Å². The molecule has 2 amide bonds. The smallest absolute Gasteiger partial charge is 0.407 e. The van der Waals surface area contributed by atoms with Gasteiger partial charge < -0.3 is 15.0 Å². The first-order valence-electron chi connectivity index (χ1n) is 12.0. The number of β-lactam (4-membered cyclic amide) rings is 1. The number of likely N-dealkylation sites (tertiary alicyclic amines) is 1. The van der Waals surface area contributed by atoms with E-state index in [4.69, 9.17) is 4.74 Å². The Bertz CT molecular complexity index is 591. The lowest BCUT2D eigenvalue weighted by Gasteiger charge is -2.62. The Kier molecular flexibility index (Phi) is 8.27. The summed E-state index contributed by atoms with van der Waals surface area (Å²) in [6.07, 6.45) is 9.71. The van der Waals surface area contributed by atoms with E-state index in [1.807, 2.05) is 0 Å². The normalized spacial score (nSPS) is 22.8. The van der Waals surface area contributed by atoms with E-state index in [0.717, 1.165) is 18.8 Å². The van der Waals surface area contributed by atoms with E-state index in [1.54, 1.807) is 0 Å². The number of alkyl carbamates (subject to hydrolysis) is 1. The summed E-state index contributed by atoms with van der Waals surface area (Å²) in [7, 11) is -3.15. The van der Waals surface area contributed by atoms with E-state index in [0.29, 0.717) is 11.9 Å². The number of hydrogen-bond acceptors (Lipinski definition) is 3. The Hall–Kier alpha value is -0.826. The number of nitrogens with one attached hydrogen (secondary N) is 1. The highest BCUT2D eigenvalue weighted by molar-refractivity contribution is 6.96. The van der Waals surface area contributed by atoms with Crippen LogP contribution in [0.1, 0.15) is 65.2 Å². The lowest BCUT2D eigenvalue weighted by molar-refractivity contribution is -0.159. The summed E-state index contributed by atoms with van der Waals surface area (Å²) in [5.41, 5.74) is -0.373. The largest absolute Gasteiger partial charge is 0.450 e. The predicted octanol–water partition coefficient (Wildman–Crippen LogP) is 5.58. The second-order valence-corrected chi connectivity index (χ2v) is 23.3. The maximum absolute atomic E-state index is 13.1. The molecule has 1 aliphatic carbocycles. The van der Waals surface area contributed by atoms with E-state index < -0.39 is 28.3 Å². The highest BCUT2D eigenvalue weighted by Gasteiger charge is 2.61. The molecule has 30 heavy (non-hydrogen) atoms. The van der Waals surface area contributed by atoms with Gasteiger partial charge in [-0.05, 0) is 32.6 Å². The van der Waals surface area contributed by atoms with Gasteiger partial charge in [-0.1, -0.05) is 77.8 Å². The van der Waals surface area contributed by atoms with Crippen LogP contribution in [-0.2, 0) is 9.53 Å². The molecular formula is C23H46N2O3Si2. The van der Waals surface area contributed by atoms with Gasteiger partial charge in [0.05, 0.1) is 28.3 Å². The summed E-state index contributed by atoms with van der Waals surface area (Å²) in [6.45, 7) is 18.7. The van der Waals surface area contributed by atoms with Crippen molar-refractivity contribution >= 4 is 28.1 Å². The quantitative estimate of drug-likeness (QED) is 0.281. The van der Waals surface area contributed by atoms with Crippen LogP contribution in [0.3, 0.4) is 0 Å². The highest BCUT2D eigenvalue weighted by Crippen LogP contribution is 2.39. The van der Waals surface area contributed by atoms with Crippen LogP contribution in [0.2, 0.25) is 39.3 Å².